The van der Waals surface area contributed by atoms with Gasteiger partial charge in [0.05, 0.1) is 0 Å². The summed E-state index contributed by atoms with van der Waals surface area (Å²) in [5.74, 6) is 0. The second kappa shape index (κ2) is 2.40. The molecular formula is CH3B3O3-2. The van der Waals surface area contributed by atoms with Crippen LogP contribution >= 0.6 is 0 Å². The minimum Gasteiger partial charge on any atom is -0.866 e. The topological polar surface area (TPSA) is 27.7 Å². The fourth-order valence-electron chi connectivity index (χ4n) is 0.275. The maximum absolute atomic E-state index is 4.68. The van der Waals surface area contributed by atoms with Crippen LogP contribution in [0.25, 0.3) is 0 Å². The third-order valence-corrected chi connectivity index (χ3v) is 0.605. The Bertz CT molecular complexity index is 52.1. The van der Waals surface area contributed by atoms with Gasteiger partial charge < -0.3 is 13.7 Å². The van der Waals surface area contributed by atoms with E-state index in [1.165, 1.54) is 15.4 Å². The van der Waals surface area contributed by atoms with Crippen LogP contribution in [0.2, 0.25) is 6.82 Å². The molecule has 0 aliphatic carbocycles. The second-order valence-electron chi connectivity index (χ2n) is 1.17. The molecule has 1 rings (SSSR count). The van der Waals surface area contributed by atoms with Crippen molar-refractivity contribution < 1.29 is 13.7 Å². The molecule has 1 fully saturated rings. The Kier molecular flexibility index (Phi) is 1.79. The third kappa shape index (κ3) is 1.55. The Hall–Kier alpha value is 0.0748. The highest BCUT2D eigenvalue weighted by molar-refractivity contribution is 6.60. The van der Waals surface area contributed by atoms with Crippen LogP contribution in [0.15, 0.2) is 0 Å². The molecule has 0 spiro atoms. The molecule has 0 bridgehead atoms. The van der Waals surface area contributed by atoms with Gasteiger partial charge in [-0.15, -0.1) is 0 Å². The Morgan fingerprint density at radius 2 is 1.86 bits per heavy atom. The quantitative estimate of drug-likeness (QED) is 0.370. The maximum Gasteiger partial charge on any atom is 0.357 e. The summed E-state index contributed by atoms with van der Waals surface area (Å²) in [5, 5.41) is 0. The fraction of sp³-hybridized carbons (Fsp3) is 1.00. The molecule has 0 aromatic carbocycles. The highest BCUT2D eigenvalue weighted by Gasteiger charge is 1.95. The van der Waals surface area contributed by atoms with Crippen molar-refractivity contribution in [3.8, 4) is 0 Å². The largest absolute Gasteiger partial charge is 0.866 e. The van der Waals surface area contributed by atoms with Gasteiger partial charge in [0.25, 0.3) is 0 Å². The van der Waals surface area contributed by atoms with Crippen LogP contribution in [0, 0.1) is 0 Å². The lowest BCUT2D eigenvalue weighted by molar-refractivity contribution is 0.328. The minimum atomic E-state index is -0.200. The first kappa shape index (κ1) is 5.22. The van der Waals surface area contributed by atoms with Gasteiger partial charge in [-0.1, -0.05) is 15.4 Å². The lowest BCUT2D eigenvalue weighted by Crippen LogP contribution is -2.32. The van der Waals surface area contributed by atoms with Crippen molar-refractivity contribution in [2.75, 3.05) is 0 Å². The van der Waals surface area contributed by atoms with Gasteiger partial charge in [0.1, 0.15) is 0 Å². The molecule has 3 nitrogen and oxygen atoms in total. The Morgan fingerprint density at radius 3 is 2.14 bits per heavy atom. The van der Waals surface area contributed by atoms with Crippen molar-refractivity contribution in [2.45, 2.75) is 6.82 Å². The van der Waals surface area contributed by atoms with Crippen LogP contribution in [-0.4, -0.2) is 22.5 Å². The first-order valence-corrected chi connectivity index (χ1v) is 1.99. The zero-order chi connectivity index (χ0) is 5.11. The van der Waals surface area contributed by atoms with Crippen LogP contribution in [0.4, 0.5) is 0 Å². The van der Waals surface area contributed by atoms with E-state index in [4.69, 9.17) is 0 Å². The zero-order valence-electron chi connectivity index (χ0n) is 3.96. The number of rotatable bonds is 0. The molecule has 6 heteroatoms. The summed E-state index contributed by atoms with van der Waals surface area (Å²) in [6, 6.07) is 0. The van der Waals surface area contributed by atoms with Crippen molar-refractivity contribution in [3.05, 3.63) is 0 Å². The Morgan fingerprint density at radius 1 is 1.29 bits per heavy atom. The average Bonchev–Trinajstić information content (AvgIpc) is 1.69. The molecule has 0 saturated carbocycles. The minimum absolute atomic E-state index is 0.200. The van der Waals surface area contributed by atoms with Gasteiger partial charge in [-0.05, 0) is 6.82 Å². The molecule has 1 aliphatic rings. The van der Waals surface area contributed by atoms with Gasteiger partial charge in [-0.3, -0.25) is 0 Å². The van der Waals surface area contributed by atoms with Crippen molar-refractivity contribution in [2.24, 2.45) is 0 Å². The summed E-state index contributed by atoms with van der Waals surface area (Å²) in [4.78, 5) is 0. The fourth-order valence-corrected chi connectivity index (χ4v) is 0.275. The van der Waals surface area contributed by atoms with Crippen LogP contribution < -0.4 is 0 Å². The van der Waals surface area contributed by atoms with Gasteiger partial charge in [0, 0.05) is 0 Å². The molecule has 0 unspecified atom stereocenters. The van der Waals surface area contributed by atoms with E-state index in [0.29, 0.717) is 0 Å². The molecular weight excluding hydrogens is 92.4 g/mol. The predicted octanol–water partition coefficient (Wildman–Crippen LogP) is -0.764. The zero-order valence-corrected chi connectivity index (χ0v) is 3.96. The van der Waals surface area contributed by atoms with Crippen molar-refractivity contribution in [1.82, 2.24) is 0 Å². The lowest BCUT2D eigenvalue weighted by atomic mass is 9.89. The summed E-state index contributed by atoms with van der Waals surface area (Å²) >= 11 is 0. The van der Waals surface area contributed by atoms with Crippen LogP contribution in [0.5, 0.6) is 0 Å². The molecule has 1 heterocycles. The van der Waals surface area contributed by atoms with Gasteiger partial charge in [0.15, 0.2) is 0 Å². The SMILES string of the molecule is CB1O[B-]O[B-]O1. The van der Waals surface area contributed by atoms with E-state index < -0.39 is 0 Å². The van der Waals surface area contributed by atoms with E-state index in [-0.39, 0.29) is 7.12 Å². The molecule has 0 amide bonds. The summed E-state index contributed by atoms with van der Waals surface area (Å²) in [6.45, 7) is 1.77. The van der Waals surface area contributed by atoms with Gasteiger partial charge in [-0.2, -0.15) is 0 Å². The van der Waals surface area contributed by atoms with E-state index in [1.54, 1.807) is 6.82 Å². The monoisotopic (exact) mass is 96.0 g/mol. The number of hydrogen-bond acceptors (Lipinski definition) is 3. The molecule has 7 heavy (non-hydrogen) atoms. The summed E-state index contributed by atoms with van der Waals surface area (Å²) in [5.41, 5.74) is 0. The Balaban J connectivity index is 2.12. The van der Waals surface area contributed by atoms with E-state index in [9.17, 15) is 0 Å². The van der Waals surface area contributed by atoms with Crippen LogP contribution in [-0.2, 0) is 13.7 Å². The van der Waals surface area contributed by atoms with Crippen LogP contribution in [0.3, 0.4) is 0 Å². The second-order valence-corrected chi connectivity index (χ2v) is 1.17. The standard InChI is InChI=1S/CH3B3O3/c1-4-6-2-5-3-7-4/h1H3/q-2. The van der Waals surface area contributed by atoms with Crippen LogP contribution in [0.1, 0.15) is 0 Å². The van der Waals surface area contributed by atoms with Crippen molar-refractivity contribution in [1.29, 1.82) is 0 Å². The first-order chi connectivity index (χ1) is 3.39. The van der Waals surface area contributed by atoms with Gasteiger partial charge in [0.2, 0.25) is 0 Å². The first-order valence-electron chi connectivity index (χ1n) is 1.99. The Labute approximate surface area is 44.1 Å². The summed E-state index contributed by atoms with van der Waals surface area (Å²) in [7, 11) is 2.26. The van der Waals surface area contributed by atoms with Gasteiger partial charge >= 0.3 is 7.12 Å². The molecule has 0 N–H and O–H groups in total. The molecule has 4 radical (unpaired) electrons. The lowest BCUT2D eigenvalue weighted by Gasteiger charge is -2.44. The summed E-state index contributed by atoms with van der Waals surface area (Å²) < 4.78 is 13.8. The van der Waals surface area contributed by atoms with Crippen molar-refractivity contribution >= 4 is 22.5 Å². The summed E-state index contributed by atoms with van der Waals surface area (Å²) in [6.07, 6.45) is 0. The molecule has 0 aromatic heterocycles. The molecule has 0 aromatic rings. The smallest absolute Gasteiger partial charge is 0.357 e. The van der Waals surface area contributed by atoms with E-state index in [1.807, 2.05) is 0 Å². The van der Waals surface area contributed by atoms with E-state index in [2.05, 4.69) is 13.7 Å². The third-order valence-electron chi connectivity index (χ3n) is 0.605. The van der Waals surface area contributed by atoms with E-state index in [0.717, 1.165) is 0 Å². The average molecular weight is 95.5 g/mol. The predicted molar refractivity (Wildman–Crippen MR) is 26.4 cm³/mol. The molecule has 1 aliphatic heterocycles. The van der Waals surface area contributed by atoms with E-state index >= 15 is 0 Å². The molecule has 36 valence electrons. The van der Waals surface area contributed by atoms with Crippen molar-refractivity contribution in [3.63, 3.8) is 0 Å². The highest BCUT2D eigenvalue weighted by Crippen LogP contribution is 1.91. The highest BCUT2D eigenvalue weighted by atomic mass is 16.7. The number of hydrogen-bond donors (Lipinski definition) is 0. The molecule has 1 saturated heterocycles. The maximum atomic E-state index is 4.68. The van der Waals surface area contributed by atoms with Gasteiger partial charge in [-0.25, -0.2) is 0 Å². The normalized spacial score (nSPS) is 22.7. The molecule has 0 atom stereocenters.